The predicted molar refractivity (Wildman–Crippen MR) is 80.8 cm³/mol. The molecule has 1 unspecified atom stereocenters. The van der Waals surface area contributed by atoms with E-state index in [2.05, 4.69) is 34.6 Å². The van der Waals surface area contributed by atoms with Crippen molar-refractivity contribution >= 4 is 8.32 Å². The highest BCUT2D eigenvalue weighted by molar-refractivity contribution is 6.73. The molecular formula is C15H33OSi. The molecule has 0 aliphatic heterocycles. The maximum Gasteiger partial charge on any atom is 0.193 e. The Labute approximate surface area is 110 Å². The zero-order valence-corrected chi connectivity index (χ0v) is 13.6. The molecule has 0 aliphatic rings. The Morgan fingerprint density at radius 2 is 1.24 bits per heavy atom. The molecule has 0 aromatic carbocycles. The molecular weight excluding hydrogens is 224 g/mol. The number of unbranched alkanes of at least 4 members (excludes halogenated alkanes) is 3. The first kappa shape index (κ1) is 17.2. The fourth-order valence-electron chi connectivity index (χ4n) is 2.48. The monoisotopic (exact) mass is 257 g/mol. The van der Waals surface area contributed by atoms with Gasteiger partial charge in [0.25, 0.3) is 0 Å². The summed E-state index contributed by atoms with van der Waals surface area (Å²) in [6, 6.07) is 4.05. The summed E-state index contributed by atoms with van der Waals surface area (Å²) in [6.07, 6.45) is 8.07. The highest BCUT2D eigenvalue weighted by Crippen LogP contribution is 2.30. The summed E-state index contributed by atoms with van der Waals surface area (Å²) in [5, 5.41) is 0. The van der Waals surface area contributed by atoms with E-state index >= 15 is 0 Å². The van der Waals surface area contributed by atoms with Crippen molar-refractivity contribution in [2.24, 2.45) is 0 Å². The van der Waals surface area contributed by atoms with E-state index in [4.69, 9.17) is 4.43 Å². The minimum absolute atomic E-state index is 0.173. The van der Waals surface area contributed by atoms with Gasteiger partial charge in [0.1, 0.15) is 0 Å². The van der Waals surface area contributed by atoms with Crippen LogP contribution in [0.2, 0.25) is 18.1 Å². The number of hydrogen-bond donors (Lipinski definition) is 0. The second-order valence-corrected chi connectivity index (χ2v) is 9.52. The average molecular weight is 258 g/mol. The van der Waals surface area contributed by atoms with Crippen molar-refractivity contribution < 1.29 is 4.43 Å². The van der Waals surface area contributed by atoms with Crippen LogP contribution >= 0.6 is 0 Å². The van der Waals surface area contributed by atoms with Gasteiger partial charge in [-0.3, -0.25) is 0 Å². The zero-order valence-electron chi connectivity index (χ0n) is 12.6. The maximum absolute atomic E-state index is 6.37. The van der Waals surface area contributed by atoms with E-state index in [1.165, 1.54) is 56.7 Å². The molecule has 103 valence electrons. The molecule has 17 heavy (non-hydrogen) atoms. The highest BCUT2D eigenvalue weighted by atomic mass is 28.4. The van der Waals surface area contributed by atoms with Gasteiger partial charge in [-0.15, -0.1) is 0 Å². The van der Waals surface area contributed by atoms with Crippen molar-refractivity contribution in [3.05, 3.63) is 6.92 Å². The van der Waals surface area contributed by atoms with Crippen LogP contribution in [0.3, 0.4) is 0 Å². The smallest absolute Gasteiger partial charge is 0.193 e. The number of rotatable bonds is 11. The average Bonchev–Trinajstić information content (AvgIpc) is 2.30. The molecule has 0 aromatic heterocycles. The van der Waals surface area contributed by atoms with Crippen molar-refractivity contribution in [1.82, 2.24) is 0 Å². The lowest BCUT2D eigenvalue weighted by atomic mass is 10.4. The summed E-state index contributed by atoms with van der Waals surface area (Å²) in [6.45, 7) is 13.0. The minimum atomic E-state index is -1.48. The lowest BCUT2D eigenvalue weighted by Gasteiger charge is -2.34. The van der Waals surface area contributed by atoms with Crippen LogP contribution in [-0.2, 0) is 4.43 Å². The molecule has 0 fully saturated rings. The van der Waals surface area contributed by atoms with Crippen molar-refractivity contribution in [2.45, 2.75) is 90.5 Å². The third kappa shape index (κ3) is 7.99. The van der Waals surface area contributed by atoms with Crippen molar-refractivity contribution in [3.8, 4) is 0 Å². The Kier molecular flexibility index (Phi) is 10.2. The Morgan fingerprint density at radius 3 is 1.47 bits per heavy atom. The first-order chi connectivity index (χ1) is 8.10. The highest BCUT2D eigenvalue weighted by Gasteiger charge is 2.33. The largest absolute Gasteiger partial charge is 0.414 e. The molecule has 1 radical (unpaired) electrons. The van der Waals surface area contributed by atoms with Crippen LogP contribution in [0.1, 0.15) is 66.2 Å². The second kappa shape index (κ2) is 10.1. The molecule has 0 saturated carbocycles. The van der Waals surface area contributed by atoms with Gasteiger partial charge in [0.2, 0.25) is 0 Å². The molecule has 0 aliphatic carbocycles. The minimum Gasteiger partial charge on any atom is -0.414 e. The summed E-state index contributed by atoms with van der Waals surface area (Å²) in [5.74, 6) is 0. The van der Waals surface area contributed by atoms with E-state index in [0.29, 0.717) is 0 Å². The standard InChI is InChI=1S/C15H33OSi/c1-6-9-12-17(13-10-7-2,14-11-8-3)16-15(4)5/h15H,4,6-14H2,1-3,5H3. The van der Waals surface area contributed by atoms with Crippen molar-refractivity contribution in [2.75, 3.05) is 0 Å². The molecule has 0 heterocycles. The first-order valence-electron chi connectivity index (χ1n) is 7.61. The van der Waals surface area contributed by atoms with Crippen LogP contribution < -0.4 is 0 Å². The van der Waals surface area contributed by atoms with Crippen LogP contribution in [0.5, 0.6) is 0 Å². The Morgan fingerprint density at radius 1 is 0.882 bits per heavy atom. The topological polar surface area (TPSA) is 9.23 Å². The second-order valence-electron chi connectivity index (χ2n) is 5.42. The van der Waals surface area contributed by atoms with Crippen LogP contribution in [-0.4, -0.2) is 14.4 Å². The molecule has 0 N–H and O–H groups in total. The van der Waals surface area contributed by atoms with Gasteiger partial charge in [0.05, 0.1) is 0 Å². The predicted octanol–water partition coefficient (Wildman–Crippen LogP) is 5.57. The molecule has 2 heteroatoms. The van der Waals surface area contributed by atoms with Crippen LogP contribution in [0, 0.1) is 6.92 Å². The van der Waals surface area contributed by atoms with Gasteiger partial charge < -0.3 is 4.43 Å². The van der Waals surface area contributed by atoms with Crippen molar-refractivity contribution in [3.63, 3.8) is 0 Å². The first-order valence-corrected chi connectivity index (χ1v) is 10.1. The van der Waals surface area contributed by atoms with E-state index in [-0.39, 0.29) is 6.10 Å². The number of hydrogen-bond acceptors (Lipinski definition) is 1. The van der Waals surface area contributed by atoms with E-state index in [9.17, 15) is 0 Å². The van der Waals surface area contributed by atoms with Crippen LogP contribution in [0.4, 0.5) is 0 Å². The quantitative estimate of drug-likeness (QED) is 0.440. The van der Waals surface area contributed by atoms with Gasteiger partial charge in [-0.2, -0.15) is 0 Å². The summed E-state index contributed by atoms with van der Waals surface area (Å²) in [5.41, 5.74) is 0. The van der Waals surface area contributed by atoms with Crippen LogP contribution in [0.25, 0.3) is 0 Å². The molecule has 0 aromatic rings. The molecule has 1 nitrogen and oxygen atoms in total. The summed E-state index contributed by atoms with van der Waals surface area (Å²) < 4.78 is 6.37. The molecule has 1 atom stereocenters. The van der Waals surface area contributed by atoms with Gasteiger partial charge in [0.15, 0.2) is 8.32 Å². The molecule has 0 rings (SSSR count). The summed E-state index contributed by atoms with van der Waals surface area (Å²) in [7, 11) is -1.48. The lowest BCUT2D eigenvalue weighted by molar-refractivity contribution is 0.245. The van der Waals surface area contributed by atoms with Gasteiger partial charge >= 0.3 is 0 Å². The van der Waals surface area contributed by atoms with E-state index in [1.807, 2.05) is 0 Å². The fourth-order valence-corrected chi connectivity index (χ4v) is 7.43. The van der Waals surface area contributed by atoms with Gasteiger partial charge in [-0.25, -0.2) is 0 Å². The summed E-state index contributed by atoms with van der Waals surface area (Å²) >= 11 is 0. The third-order valence-corrected chi connectivity index (χ3v) is 8.11. The molecule has 0 spiro atoms. The molecule has 0 bridgehead atoms. The maximum atomic E-state index is 6.37. The van der Waals surface area contributed by atoms with Crippen LogP contribution in [0.15, 0.2) is 0 Å². The zero-order chi connectivity index (χ0) is 13.1. The van der Waals surface area contributed by atoms with E-state index in [0.717, 1.165) is 0 Å². The van der Waals surface area contributed by atoms with Gasteiger partial charge in [0, 0.05) is 6.10 Å². The Hall–Kier alpha value is 0.177. The Bertz CT molecular complexity index is 147. The normalized spacial score (nSPS) is 12.4. The fraction of sp³-hybridized carbons (Fsp3) is 0.933. The molecule has 0 amide bonds. The van der Waals surface area contributed by atoms with E-state index < -0.39 is 8.32 Å². The van der Waals surface area contributed by atoms with Crippen molar-refractivity contribution in [1.29, 1.82) is 0 Å². The van der Waals surface area contributed by atoms with Gasteiger partial charge in [-0.05, 0) is 32.0 Å². The SMILES string of the molecule is [CH2]C(C)O[Si](CCCC)(CCCC)CCCC. The Balaban J connectivity index is 4.51. The third-order valence-electron chi connectivity index (χ3n) is 3.41. The van der Waals surface area contributed by atoms with Gasteiger partial charge in [-0.1, -0.05) is 59.3 Å². The lowest BCUT2D eigenvalue weighted by Crippen LogP contribution is -2.40. The van der Waals surface area contributed by atoms with E-state index in [1.54, 1.807) is 0 Å². The molecule has 0 saturated heterocycles. The summed E-state index contributed by atoms with van der Waals surface area (Å²) in [4.78, 5) is 0.